The maximum Gasteiger partial charge on any atom is 0.586 e. The van der Waals surface area contributed by atoms with E-state index in [-0.39, 0.29) is 23.5 Å². The molecule has 1 aromatic rings. The third-order valence-corrected chi connectivity index (χ3v) is 2.92. The number of amides is 1. The summed E-state index contributed by atoms with van der Waals surface area (Å²) in [4.78, 5) is 23.1. The van der Waals surface area contributed by atoms with Crippen molar-refractivity contribution in [1.29, 1.82) is 0 Å². The van der Waals surface area contributed by atoms with E-state index in [1.54, 1.807) is 20.8 Å². The SMILES string of the molecule is CC(C)(C)OC(=O)NC(Cc1cccc2c1OC(F)(F)O2)C(=O)O. The Labute approximate surface area is 136 Å². The minimum atomic E-state index is -3.81. The molecular formula is C15H17F2NO6. The number of carbonyl (C=O) groups is 2. The van der Waals surface area contributed by atoms with Gasteiger partial charge in [-0.15, -0.1) is 8.78 Å². The van der Waals surface area contributed by atoms with Crippen LogP contribution in [0.2, 0.25) is 0 Å². The van der Waals surface area contributed by atoms with Crippen molar-refractivity contribution in [2.75, 3.05) is 0 Å². The van der Waals surface area contributed by atoms with Crippen molar-refractivity contribution >= 4 is 12.1 Å². The lowest BCUT2D eigenvalue weighted by Crippen LogP contribution is -2.44. The summed E-state index contributed by atoms with van der Waals surface area (Å²) in [5, 5.41) is 11.4. The Kier molecular flexibility index (Phi) is 4.54. The van der Waals surface area contributed by atoms with Crippen molar-refractivity contribution in [3.8, 4) is 11.5 Å². The van der Waals surface area contributed by atoms with Crippen LogP contribution in [-0.2, 0) is 16.0 Å². The third kappa shape index (κ3) is 4.46. The smallest absolute Gasteiger partial charge is 0.480 e. The van der Waals surface area contributed by atoms with E-state index in [1.165, 1.54) is 18.2 Å². The van der Waals surface area contributed by atoms with Crippen molar-refractivity contribution in [3.05, 3.63) is 23.8 Å². The van der Waals surface area contributed by atoms with Gasteiger partial charge in [-0.25, -0.2) is 9.59 Å². The van der Waals surface area contributed by atoms with Crippen LogP contribution >= 0.6 is 0 Å². The molecule has 0 radical (unpaired) electrons. The molecule has 0 aromatic heterocycles. The van der Waals surface area contributed by atoms with Crippen LogP contribution in [-0.4, -0.2) is 35.1 Å². The number of carboxylic acids is 1. The Balaban J connectivity index is 2.14. The molecule has 0 saturated carbocycles. The maximum absolute atomic E-state index is 13.2. The van der Waals surface area contributed by atoms with Gasteiger partial charge in [-0.1, -0.05) is 12.1 Å². The molecule has 132 valence electrons. The van der Waals surface area contributed by atoms with E-state index < -0.39 is 30.0 Å². The van der Waals surface area contributed by atoms with Crippen LogP contribution in [0, 0.1) is 0 Å². The fourth-order valence-corrected chi connectivity index (χ4v) is 2.06. The van der Waals surface area contributed by atoms with Crippen LogP contribution in [0.5, 0.6) is 11.5 Å². The van der Waals surface area contributed by atoms with Gasteiger partial charge in [0.15, 0.2) is 11.5 Å². The number of halogens is 2. The topological polar surface area (TPSA) is 94.1 Å². The number of carboxylic acid groups (broad SMARTS) is 1. The first-order valence-electron chi connectivity index (χ1n) is 7.07. The first-order chi connectivity index (χ1) is 11.0. The standard InChI is InChI=1S/C15H17F2NO6/c1-14(2,3)24-13(21)18-9(12(19)20)7-8-5-4-6-10-11(8)23-15(16,17)22-10/h4-6,9H,7H2,1-3H3,(H,18,21)(H,19,20). The summed E-state index contributed by atoms with van der Waals surface area (Å²) in [5.41, 5.74) is -0.645. The summed E-state index contributed by atoms with van der Waals surface area (Å²) in [5.74, 6) is -1.79. The highest BCUT2D eigenvalue weighted by atomic mass is 19.3. The molecule has 1 amide bonds. The van der Waals surface area contributed by atoms with Gasteiger partial charge >= 0.3 is 18.4 Å². The van der Waals surface area contributed by atoms with Gasteiger partial charge in [-0.3, -0.25) is 0 Å². The molecule has 2 rings (SSSR count). The van der Waals surface area contributed by atoms with Gasteiger partial charge in [0.25, 0.3) is 0 Å². The average Bonchev–Trinajstić information content (AvgIpc) is 2.70. The molecule has 1 heterocycles. The van der Waals surface area contributed by atoms with Gasteiger partial charge in [0.2, 0.25) is 0 Å². The van der Waals surface area contributed by atoms with Crippen LogP contribution < -0.4 is 14.8 Å². The number of hydrogen-bond acceptors (Lipinski definition) is 5. The molecule has 0 aliphatic carbocycles. The van der Waals surface area contributed by atoms with Gasteiger partial charge in [-0.05, 0) is 26.8 Å². The number of fused-ring (bicyclic) bond motifs is 1. The van der Waals surface area contributed by atoms with Gasteiger partial charge in [0.05, 0.1) is 0 Å². The summed E-state index contributed by atoms with van der Waals surface area (Å²) in [6.07, 6.45) is -5.02. The number of para-hydroxylation sites is 1. The molecule has 1 atom stereocenters. The molecule has 0 saturated heterocycles. The Bertz CT molecular complexity index is 656. The molecule has 1 aromatic carbocycles. The van der Waals surface area contributed by atoms with Crippen molar-refractivity contribution in [2.45, 2.75) is 45.1 Å². The molecule has 1 aliphatic rings. The second kappa shape index (κ2) is 6.14. The van der Waals surface area contributed by atoms with Gasteiger partial charge in [0.1, 0.15) is 11.6 Å². The van der Waals surface area contributed by atoms with E-state index in [0.29, 0.717) is 0 Å². The Morgan fingerprint density at radius 1 is 1.33 bits per heavy atom. The average molecular weight is 345 g/mol. The summed E-state index contributed by atoms with van der Waals surface area (Å²) in [7, 11) is 0. The normalized spacial score (nSPS) is 16.4. The number of carbonyl (C=O) groups excluding carboxylic acids is 1. The molecule has 0 spiro atoms. The fourth-order valence-electron chi connectivity index (χ4n) is 2.06. The molecule has 7 nitrogen and oxygen atoms in total. The lowest BCUT2D eigenvalue weighted by Gasteiger charge is -2.22. The second-order valence-corrected chi connectivity index (χ2v) is 6.15. The lowest BCUT2D eigenvalue weighted by atomic mass is 10.0. The molecule has 0 bridgehead atoms. The Morgan fingerprint density at radius 2 is 2.00 bits per heavy atom. The summed E-state index contributed by atoms with van der Waals surface area (Å²) >= 11 is 0. The van der Waals surface area contributed by atoms with Gasteiger partial charge < -0.3 is 24.6 Å². The largest absolute Gasteiger partial charge is 0.586 e. The van der Waals surface area contributed by atoms with Crippen LogP contribution in [0.4, 0.5) is 13.6 Å². The van der Waals surface area contributed by atoms with Crippen LogP contribution in [0.3, 0.4) is 0 Å². The van der Waals surface area contributed by atoms with E-state index in [1.807, 2.05) is 0 Å². The predicted octanol–water partition coefficient (Wildman–Crippen LogP) is 2.53. The molecule has 1 unspecified atom stereocenters. The predicted molar refractivity (Wildman–Crippen MR) is 77.1 cm³/mol. The lowest BCUT2D eigenvalue weighted by molar-refractivity contribution is -0.286. The number of benzene rings is 1. The minimum Gasteiger partial charge on any atom is -0.480 e. The zero-order valence-corrected chi connectivity index (χ0v) is 13.3. The number of rotatable bonds is 4. The van der Waals surface area contributed by atoms with Crippen molar-refractivity contribution in [2.24, 2.45) is 0 Å². The first kappa shape index (κ1) is 17.8. The summed E-state index contributed by atoms with van der Waals surface area (Å²) in [6, 6.07) is 2.72. The number of nitrogens with one attached hydrogen (secondary N) is 1. The number of ether oxygens (including phenoxy) is 3. The number of aliphatic carboxylic acids is 1. The molecular weight excluding hydrogens is 328 g/mol. The summed E-state index contributed by atoms with van der Waals surface area (Å²) < 4.78 is 40.0. The molecule has 9 heteroatoms. The maximum atomic E-state index is 13.2. The highest BCUT2D eigenvalue weighted by molar-refractivity contribution is 5.80. The highest BCUT2D eigenvalue weighted by Gasteiger charge is 2.44. The van der Waals surface area contributed by atoms with E-state index in [9.17, 15) is 23.5 Å². The highest BCUT2D eigenvalue weighted by Crippen LogP contribution is 2.43. The van der Waals surface area contributed by atoms with E-state index in [0.717, 1.165) is 0 Å². The third-order valence-electron chi connectivity index (χ3n) is 2.92. The quantitative estimate of drug-likeness (QED) is 0.871. The number of hydrogen-bond donors (Lipinski definition) is 2. The molecule has 0 fully saturated rings. The Hall–Kier alpha value is -2.58. The van der Waals surface area contributed by atoms with E-state index >= 15 is 0 Å². The van der Waals surface area contributed by atoms with Crippen molar-refractivity contribution in [3.63, 3.8) is 0 Å². The number of alkyl carbamates (subject to hydrolysis) is 1. The van der Waals surface area contributed by atoms with Gasteiger partial charge in [0, 0.05) is 12.0 Å². The molecule has 24 heavy (non-hydrogen) atoms. The summed E-state index contributed by atoms with van der Waals surface area (Å²) in [6.45, 7) is 4.87. The zero-order chi connectivity index (χ0) is 18.1. The fraction of sp³-hybridized carbons (Fsp3) is 0.467. The van der Waals surface area contributed by atoms with Crippen molar-refractivity contribution in [1.82, 2.24) is 5.32 Å². The molecule has 2 N–H and O–H groups in total. The van der Waals surface area contributed by atoms with E-state index in [2.05, 4.69) is 14.8 Å². The van der Waals surface area contributed by atoms with Crippen LogP contribution in [0.25, 0.3) is 0 Å². The Morgan fingerprint density at radius 3 is 2.58 bits per heavy atom. The molecule has 1 aliphatic heterocycles. The second-order valence-electron chi connectivity index (χ2n) is 6.15. The monoisotopic (exact) mass is 345 g/mol. The first-order valence-corrected chi connectivity index (χ1v) is 7.07. The van der Waals surface area contributed by atoms with Crippen LogP contribution in [0.15, 0.2) is 18.2 Å². The van der Waals surface area contributed by atoms with Crippen molar-refractivity contribution < 1.29 is 37.7 Å². The van der Waals surface area contributed by atoms with Gasteiger partial charge in [-0.2, -0.15) is 0 Å². The minimum absolute atomic E-state index is 0.160. The van der Waals surface area contributed by atoms with Crippen LogP contribution in [0.1, 0.15) is 26.3 Å². The number of alkyl halides is 2. The van der Waals surface area contributed by atoms with E-state index in [4.69, 9.17) is 4.74 Å². The zero-order valence-electron chi connectivity index (χ0n) is 13.3.